The van der Waals surface area contributed by atoms with Crippen molar-refractivity contribution in [1.82, 2.24) is 0 Å². The fourth-order valence-electron chi connectivity index (χ4n) is 8.86. The van der Waals surface area contributed by atoms with Gasteiger partial charge in [0.15, 0.2) is 40.6 Å². The van der Waals surface area contributed by atoms with Gasteiger partial charge in [-0.15, -0.1) is 0 Å². The van der Waals surface area contributed by atoms with Gasteiger partial charge in [-0.05, 0) is 33.8 Å². The number of fused-ring (bicyclic) bond motifs is 5. The summed E-state index contributed by atoms with van der Waals surface area (Å²) in [5.41, 5.74) is -2.56. The summed E-state index contributed by atoms with van der Waals surface area (Å²) in [5.74, 6) is -5.16. The molecule has 0 radical (unpaired) electrons. The first-order valence-corrected chi connectivity index (χ1v) is 17.1. The molecule has 4 aliphatic heterocycles. The van der Waals surface area contributed by atoms with E-state index in [0.29, 0.717) is 0 Å². The van der Waals surface area contributed by atoms with Crippen molar-refractivity contribution in [1.29, 1.82) is 0 Å². The van der Waals surface area contributed by atoms with E-state index in [1.54, 1.807) is 27.7 Å². The third-order valence-electron chi connectivity index (χ3n) is 11.1. The van der Waals surface area contributed by atoms with Crippen molar-refractivity contribution >= 4 is 17.3 Å². The van der Waals surface area contributed by atoms with Crippen molar-refractivity contribution in [3.05, 3.63) is 51.6 Å². The molecule has 2 aromatic carbocycles. The zero-order valence-corrected chi connectivity index (χ0v) is 28.4. The first-order valence-electron chi connectivity index (χ1n) is 17.1. The van der Waals surface area contributed by atoms with Gasteiger partial charge in [0.25, 0.3) is 0 Å². The lowest BCUT2D eigenvalue weighted by molar-refractivity contribution is -0.277. The lowest BCUT2D eigenvalue weighted by Crippen LogP contribution is -2.72. The summed E-state index contributed by atoms with van der Waals surface area (Å²) in [6.07, 6.45) is -14.5. The van der Waals surface area contributed by atoms with Gasteiger partial charge < -0.3 is 64.2 Å². The summed E-state index contributed by atoms with van der Waals surface area (Å²) in [7, 11) is 0. The maximum atomic E-state index is 14.7. The van der Waals surface area contributed by atoms with Crippen LogP contribution in [0.3, 0.4) is 0 Å². The van der Waals surface area contributed by atoms with Gasteiger partial charge in [0.05, 0.1) is 53.6 Å². The Bertz CT molecular complexity index is 1940. The molecule has 6 aliphatic rings. The van der Waals surface area contributed by atoms with E-state index < -0.39 is 114 Å². The van der Waals surface area contributed by atoms with E-state index in [-0.39, 0.29) is 57.1 Å². The summed E-state index contributed by atoms with van der Waals surface area (Å²) in [6.45, 7) is 5.79. The van der Waals surface area contributed by atoms with Crippen molar-refractivity contribution in [3.63, 3.8) is 0 Å². The molecule has 1 spiro atoms. The molecule has 52 heavy (non-hydrogen) atoms. The number of phenols is 2. The molecule has 0 amide bonds. The normalized spacial score (nSPS) is 39.2. The number of phenolic OH excluding ortho intramolecular Hbond substituents is 2. The molecular formula is C36H38O16. The minimum atomic E-state index is -1.99. The van der Waals surface area contributed by atoms with Crippen molar-refractivity contribution in [3.8, 4) is 28.7 Å². The Labute approximate surface area is 295 Å². The SMILES string of the molecule is C[C@@H]1CC2=C(C(=O)c3c(O)cc4c(c3C2=O)O[C@H]2c3cc(O)cc(O[C@H]5O[C@H](CO)[C@@H](O)[C@H](O)[C@H]5O)c3C(=O)[C@@H]3[C@H](C)O[C@H](C)[C@@H](O)[C@@]32O4)[C@@H](C)O1. The molecule has 4 heterocycles. The van der Waals surface area contributed by atoms with Crippen molar-refractivity contribution in [2.75, 3.05) is 6.61 Å². The number of hydrogen-bond donors (Lipinski definition) is 7. The van der Waals surface area contributed by atoms with Crippen LogP contribution in [-0.2, 0) is 14.2 Å². The molecule has 2 aliphatic carbocycles. The molecule has 7 N–H and O–H groups in total. The van der Waals surface area contributed by atoms with Crippen LogP contribution in [0.4, 0.5) is 0 Å². The molecular weight excluding hydrogens is 688 g/mol. The minimum Gasteiger partial charge on any atom is -0.508 e. The number of Topliss-reactive ketones (excluding diaryl/α,β-unsaturated/α-hetero) is 3. The Balaban J connectivity index is 1.31. The topological polar surface area (TPSA) is 248 Å². The summed E-state index contributed by atoms with van der Waals surface area (Å²) >= 11 is 0. The summed E-state index contributed by atoms with van der Waals surface area (Å²) in [6, 6.07) is 3.33. The number of aromatic hydroxyl groups is 2. The Morgan fingerprint density at radius 3 is 2.29 bits per heavy atom. The molecule has 0 aromatic heterocycles. The maximum absolute atomic E-state index is 14.7. The molecule has 13 atom stereocenters. The van der Waals surface area contributed by atoms with Gasteiger partial charge in [0, 0.05) is 35.3 Å². The van der Waals surface area contributed by atoms with Gasteiger partial charge in [-0.3, -0.25) is 14.4 Å². The highest BCUT2D eigenvalue weighted by atomic mass is 16.7. The molecule has 2 fully saturated rings. The molecule has 16 heteroatoms. The Kier molecular flexibility index (Phi) is 8.02. The largest absolute Gasteiger partial charge is 0.508 e. The van der Waals surface area contributed by atoms with Crippen LogP contribution in [0.25, 0.3) is 0 Å². The second-order valence-electron chi connectivity index (χ2n) is 14.3. The number of aliphatic hydroxyl groups excluding tert-OH is 5. The number of rotatable bonds is 3. The highest BCUT2D eigenvalue weighted by Gasteiger charge is 2.69. The Morgan fingerprint density at radius 2 is 1.58 bits per heavy atom. The number of carbonyl (C=O) groups is 3. The zero-order chi connectivity index (χ0) is 37.3. The highest BCUT2D eigenvalue weighted by Crippen LogP contribution is 2.61. The fourth-order valence-corrected chi connectivity index (χ4v) is 8.86. The van der Waals surface area contributed by atoms with Gasteiger partial charge in [-0.25, -0.2) is 0 Å². The molecule has 0 bridgehead atoms. The van der Waals surface area contributed by atoms with Crippen molar-refractivity contribution < 1.29 is 78.6 Å². The minimum absolute atomic E-state index is 0.0727. The summed E-state index contributed by atoms with van der Waals surface area (Å²) < 4.78 is 36.5. The van der Waals surface area contributed by atoms with E-state index in [9.17, 15) is 50.1 Å². The lowest BCUT2D eigenvalue weighted by Gasteiger charge is -2.58. The number of ketones is 3. The number of aliphatic hydroxyl groups is 5. The standard InChI is InChI=1S/C36H38O16/c1-10-5-15-21(11(2)47-10)28(42)23-17(39)8-19-32(24(23)26(15)40)51-34-16-6-14(38)7-18(49-35-31(45)30(44)27(41)20(9-37)50-35)22(16)29(43)25-12(3)48-13(4)33(46)36(25,34)52-19/h6-8,10-13,20,25,27,30-31,33-35,37-39,41,44-46H,5,9H2,1-4H3/t10-,11-,12+,13-,20-,25+,27-,30+,31-,33-,34+,35+,36+/m1/s1. The highest BCUT2D eigenvalue weighted by molar-refractivity contribution is 6.29. The number of benzene rings is 2. The van der Waals surface area contributed by atoms with E-state index >= 15 is 0 Å². The monoisotopic (exact) mass is 726 g/mol. The van der Waals surface area contributed by atoms with Crippen LogP contribution in [-0.4, -0.2) is 127 Å². The van der Waals surface area contributed by atoms with Crippen LogP contribution < -0.4 is 14.2 Å². The molecule has 0 unspecified atom stereocenters. The molecule has 16 nitrogen and oxygen atoms in total. The zero-order valence-electron chi connectivity index (χ0n) is 28.4. The van der Waals surface area contributed by atoms with Gasteiger partial charge in [-0.1, -0.05) is 0 Å². The number of hydrogen-bond acceptors (Lipinski definition) is 16. The van der Waals surface area contributed by atoms with Crippen LogP contribution in [0.1, 0.15) is 76.9 Å². The van der Waals surface area contributed by atoms with Gasteiger partial charge in [0.1, 0.15) is 47.8 Å². The number of carbonyl (C=O) groups excluding carboxylic acids is 3. The van der Waals surface area contributed by atoms with Crippen LogP contribution in [0.15, 0.2) is 29.3 Å². The maximum Gasteiger partial charge on any atom is 0.229 e. The van der Waals surface area contributed by atoms with Crippen LogP contribution in [0.2, 0.25) is 0 Å². The predicted octanol–water partition coefficient (Wildman–Crippen LogP) is 0.381. The van der Waals surface area contributed by atoms with E-state index in [4.69, 9.17) is 28.4 Å². The van der Waals surface area contributed by atoms with Gasteiger partial charge in [0.2, 0.25) is 6.29 Å². The molecule has 0 saturated carbocycles. The Morgan fingerprint density at radius 1 is 0.846 bits per heavy atom. The first kappa shape index (κ1) is 34.9. The second-order valence-corrected chi connectivity index (χ2v) is 14.3. The fraction of sp³-hybridized carbons (Fsp3) is 0.528. The smallest absolute Gasteiger partial charge is 0.229 e. The van der Waals surface area contributed by atoms with Crippen molar-refractivity contribution in [2.45, 2.75) is 107 Å². The first-order chi connectivity index (χ1) is 24.6. The summed E-state index contributed by atoms with van der Waals surface area (Å²) in [5, 5.41) is 75.3. The van der Waals surface area contributed by atoms with Crippen LogP contribution >= 0.6 is 0 Å². The lowest BCUT2D eigenvalue weighted by atomic mass is 9.62. The van der Waals surface area contributed by atoms with Crippen LogP contribution in [0, 0.1) is 5.92 Å². The summed E-state index contributed by atoms with van der Waals surface area (Å²) in [4.78, 5) is 42.9. The van der Waals surface area contributed by atoms with E-state index in [1.807, 2.05) is 0 Å². The third kappa shape index (κ3) is 4.65. The van der Waals surface area contributed by atoms with Gasteiger partial charge >= 0.3 is 0 Å². The molecule has 8 rings (SSSR count). The molecule has 2 aromatic rings. The second kappa shape index (κ2) is 11.9. The molecule has 278 valence electrons. The van der Waals surface area contributed by atoms with E-state index in [2.05, 4.69) is 0 Å². The third-order valence-corrected chi connectivity index (χ3v) is 11.1. The van der Waals surface area contributed by atoms with Crippen molar-refractivity contribution in [2.24, 2.45) is 5.92 Å². The predicted molar refractivity (Wildman–Crippen MR) is 171 cm³/mol. The number of ether oxygens (including phenoxy) is 6. The van der Waals surface area contributed by atoms with E-state index in [1.165, 1.54) is 6.07 Å². The molecule has 2 saturated heterocycles. The van der Waals surface area contributed by atoms with Crippen LogP contribution in [0.5, 0.6) is 28.7 Å². The average Bonchev–Trinajstić information content (AvgIpc) is 3.08. The Hall–Kier alpha value is -4.13. The van der Waals surface area contributed by atoms with Gasteiger partial charge in [-0.2, -0.15) is 0 Å². The van der Waals surface area contributed by atoms with E-state index in [0.717, 1.165) is 12.1 Å². The average molecular weight is 727 g/mol. The quantitative estimate of drug-likeness (QED) is 0.226.